The summed E-state index contributed by atoms with van der Waals surface area (Å²) in [7, 11) is 0. The SMILES string of the molecule is O=[N+]([O-])c1cccc(-c2coc3cc(Cl)cnc23)c1. The Kier molecular flexibility index (Phi) is 2.68. The second-order valence-corrected chi connectivity index (χ2v) is 4.39. The predicted octanol–water partition coefficient (Wildman–Crippen LogP) is 4.06. The van der Waals surface area contributed by atoms with Gasteiger partial charge in [-0.25, -0.2) is 0 Å². The molecule has 0 aliphatic heterocycles. The first-order valence-corrected chi connectivity index (χ1v) is 5.80. The molecule has 0 radical (unpaired) electrons. The zero-order chi connectivity index (χ0) is 13.4. The van der Waals surface area contributed by atoms with E-state index in [1.165, 1.54) is 24.6 Å². The Balaban J connectivity index is 2.19. The zero-order valence-electron chi connectivity index (χ0n) is 9.54. The maximum Gasteiger partial charge on any atom is 0.270 e. The Morgan fingerprint density at radius 3 is 2.95 bits per heavy atom. The molecule has 0 saturated carbocycles. The van der Waals surface area contributed by atoms with Gasteiger partial charge in [0.15, 0.2) is 5.58 Å². The number of fused-ring (bicyclic) bond motifs is 1. The molecule has 0 saturated heterocycles. The largest absolute Gasteiger partial charge is 0.462 e. The van der Waals surface area contributed by atoms with Gasteiger partial charge in [0.05, 0.1) is 9.95 Å². The summed E-state index contributed by atoms with van der Waals surface area (Å²) in [6.45, 7) is 0. The Bertz CT molecular complexity index is 782. The fourth-order valence-electron chi connectivity index (χ4n) is 1.88. The lowest BCUT2D eigenvalue weighted by atomic mass is 10.1. The van der Waals surface area contributed by atoms with Gasteiger partial charge in [-0.15, -0.1) is 0 Å². The van der Waals surface area contributed by atoms with Crippen LogP contribution in [0.15, 0.2) is 47.2 Å². The van der Waals surface area contributed by atoms with Crippen LogP contribution in [0.2, 0.25) is 5.02 Å². The number of hydrogen-bond acceptors (Lipinski definition) is 4. The van der Waals surface area contributed by atoms with Crippen LogP contribution in [-0.2, 0) is 0 Å². The minimum Gasteiger partial charge on any atom is -0.462 e. The van der Waals surface area contributed by atoms with Gasteiger partial charge >= 0.3 is 0 Å². The standard InChI is InChI=1S/C13H7ClN2O3/c14-9-5-12-13(15-6-9)11(7-19-12)8-2-1-3-10(4-8)16(17)18/h1-7H. The summed E-state index contributed by atoms with van der Waals surface area (Å²) in [5, 5.41) is 11.3. The lowest BCUT2D eigenvalue weighted by Crippen LogP contribution is -1.88. The van der Waals surface area contributed by atoms with Gasteiger partial charge in [0.2, 0.25) is 0 Å². The minimum atomic E-state index is -0.434. The Morgan fingerprint density at radius 2 is 2.16 bits per heavy atom. The van der Waals surface area contributed by atoms with Crippen LogP contribution in [0.1, 0.15) is 0 Å². The second kappa shape index (κ2) is 4.37. The first-order valence-electron chi connectivity index (χ1n) is 5.43. The fourth-order valence-corrected chi connectivity index (χ4v) is 2.03. The van der Waals surface area contributed by atoms with Gasteiger partial charge in [-0.2, -0.15) is 0 Å². The number of rotatable bonds is 2. The van der Waals surface area contributed by atoms with Gasteiger partial charge in [-0.3, -0.25) is 15.1 Å². The number of nitro groups is 1. The number of furan rings is 1. The fraction of sp³-hybridized carbons (Fsp3) is 0. The Hall–Kier alpha value is -2.40. The van der Waals surface area contributed by atoms with E-state index in [9.17, 15) is 10.1 Å². The third-order valence-electron chi connectivity index (χ3n) is 2.75. The molecule has 1 aromatic carbocycles. The lowest BCUT2D eigenvalue weighted by Gasteiger charge is -1.98. The molecule has 0 N–H and O–H groups in total. The molecule has 3 rings (SSSR count). The van der Waals surface area contributed by atoms with E-state index >= 15 is 0 Å². The first kappa shape index (κ1) is 11.7. The van der Waals surface area contributed by atoms with Crippen molar-refractivity contribution >= 4 is 28.4 Å². The summed E-state index contributed by atoms with van der Waals surface area (Å²) >= 11 is 5.83. The number of benzene rings is 1. The summed E-state index contributed by atoms with van der Waals surface area (Å²) in [4.78, 5) is 14.5. The zero-order valence-corrected chi connectivity index (χ0v) is 10.3. The average molecular weight is 275 g/mol. The van der Waals surface area contributed by atoms with E-state index in [0.717, 1.165) is 0 Å². The van der Waals surface area contributed by atoms with Crippen molar-refractivity contribution in [1.29, 1.82) is 0 Å². The first-order chi connectivity index (χ1) is 9.15. The van der Waals surface area contributed by atoms with E-state index in [1.807, 2.05) is 0 Å². The van der Waals surface area contributed by atoms with Gasteiger partial charge in [0, 0.05) is 30.0 Å². The van der Waals surface area contributed by atoms with Crippen molar-refractivity contribution in [3.8, 4) is 11.1 Å². The van der Waals surface area contributed by atoms with Gasteiger partial charge < -0.3 is 4.42 Å². The highest BCUT2D eigenvalue weighted by Gasteiger charge is 2.13. The third kappa shape index (κ3) is 2.04. The summed E-state index contributed by atoms with van der Waals surface area (Å²) in [6.07, 6.45) is 3.04. The van der Waals surface area contributed by atoms with Crippen molar-refractivity contribution in [2.45, 2.75) is 0 Å². The number of nitro benzene ring substituents is 1. The van der Waals surface area contributed by atoms with Crippen molar-refractivity contribution in [3.05, 3.63) is 57.9 Å². The van der Waals surface area contributed by atoms with E-state index in [2.05, 4.69) is 4.98 Å². The van der Waals surface area contributed by atoms with Crippen LogP contribution in [-0.4, -0.2) is 9.91 Å². The summed E-state index contributed by atoms with van der Waals surface area (Å²) in [5.41, 5.74) is 2.60. The van der Waals surface area contributed by atoms with E-state index in [-0.39, 0.29) is 5.69 Å². The van der Waals surface area contributed by atoms with Gasteiger partial charge in [-0.05, 0) is 5.56 Å². The molecule has 0 aliphatic rings. The number of pyridine rings is 1. The smallest absolute Gasteiger partial charge is 0.270 e. The van der Waals surface area contributed by atoms with Crippen LogP contribution < -0.4 is 0 Å². The highest BCUT2D eigenvalue weighted by molar-refractivity contribution is 6.31. The lowest BCUT2D eigenvalue weighted by molar-refractivity contribution is -0.384. The minimum absolute atomic E-state index is 0.0285. The number of nitrogens with zero attached hydrogens (tertiary/aromatic N) is 2. The van der Waals surface area contributed by atoms with Crippen LogP contribution >= 0.6 is 11.6 Å². The molecular weight excluding hydrogens is 268 g/mol. The Labute approximate surface area is 112 Å². The maximum absolute atomic E-state index is 10.8. The molecule has 0 fully saturated rings. The number of hydrogen-bond donors (Lipinski definition) is 0. The molecule has 94 valence electrons. The normalized spacial score (nSPS) is 10.8. The molecule has 0 bridgehead atoms. The van der Waals surface area contributed by atoms with Crippen molar-refractivity contribution < 1.29 is 9.34 Å². The summed E-state index contributed by atoms with van der Waals surface area (Å²) in [6, 6.07) is 7.98. The molecule has 0 unspecified atom stereocenters. The van der Waals surface area contributed by atoms with Crippen LogP contribution in [0.3, 0.4) is 0 Å². The highest BCUT2D eigenvalue weighted by Crippen LogP contribution is 2.31. The van der Waals surface area contributed by atoms with Crippen molar-refractivity contribution in [2.24, 2.45) is 0 Å². The summed E-state index contributed by atoms with van der Waals surface area (Å²) < 4.78 is 5.37. The van der Waals surface area contributed by atoms with E-state index in [4.69, 9.17) is 16.0 Å². The quantitative estimate of drug-likeness (QED) is 0.522. The third-order valence-corrected chi connectivity index (χ3v) is 2.95. The predicted molar refractivity (Wildman–Crippen MR) is 71.1 cm³/mol. The molecule has 2 aromatic heterocycles. The monoisotopic (exact) mass is 274 g/mol. The Morgan fingerprint density at radius 1 is 1.32 bits per heavy atom. The van der Waals surface area contributed by atoms with Crippen molar-refractivity contribution in [2.75, 3.05) is 0 Å². The van der Waals surface area contributed by atoms with Gasteiger partial charge in [0.1, 0.15) is 11.8 Å². The number of halogens is 1. The summed E-state index contributed by atoms with van der Waals surface area (Å²) in [5.74, 6) is 0. The number of non-ortho nitro benzene ring substituents is 1. The van der Waals surface area contributed by atoms with Gasteiger partial charge in [-0.1, -0.05) is 23.7 Å². The molecule has 0 amide bonds. The van der Waals surface area contributed by atoms with Crippen LogP contribution in [0.5, 0.6) is 0 Å². The van der Waals surface area contributed by atoms with E-state index < -0.39 is 4.92 Å². The molecule has 0 atom stereocenters. The average Bonchev–Trinajstić information content (AvgIpc) is 2.81. The highest BCUT2D eigenvalue weighted by atomic mass is 35.5. The van der Waals surface area contributed by atoms with E-state index in [0.29, 0.717) is 27.2 Å². The van der Waals surface area contributed by atoms with Crippen molar-refractivity contribution in [3.63, 3.8) is 0 Å². The molecule has 19 heavy (non-hydrogen) atoms. The molecule has 0 spiro atoms. The molecule has 2 heterocycles. The van der Waals surface area contributed by atoms with Gasteiger partial charge in [0.25, 0.3) is 5.69 Å². The van der Waals surface area contributed by atoms with Crippen molar-refractivity contribution in [1.82, 2.24) is 4.98 Å². The molecule has 3 aromatic rings. The number of aromatic nitrogens is 1. The molecule has 6 heteroatoms. The topological polar surface area (TPSA) is 69.2 Å². The van der Waals surface area contributed by atoms with E-state index in [1.54, 1.807) is 18.2 Å². The molecule has 5 nitrogen and oxygen atoms in total. The molecule has 0 aliphatic carbocycles. The van der Waals surface area contributed by atoms with Crippen LogP contribution in [0.4, 0.5) is 5.69 Å². The van der Waals surface area contributed by atoms with Crippen LogP contribution in [0, 0.1) is 10.1 Å². The van der Waals surface area contributed by atoms with Crippen LogP contribution in [0.25, 0.3) is 22.2 Å². The molecular formula is C13H7ClN2O3. The second-order valence-electron chi connectivity index (χ2n) is 3.96. The maximum atomic E-state index is 10.8.